The lowest BCUT2D eigenvalue weighted by Crippen LogP contribution is -2.40. The molecule has 130 valence electrons. The minimum absolute atomic E-state index is 0.244. The highest BCUT2D eigenvalue weighted by Crippen LogP contribution is 2.27. The molecule has 4 heteroatoms. The molecule has 1 fully saturated rings. The van der Waals surface area contributed by atoms with Crippen molar-refractivity contribution in [2.75, 3.05) is 13.1 Å². The molecular weight excluding hydrogens is 310 g/mol. The quantitative estimate of drug-likeness (QED) is 0.865. The van der Waals surface area contributed by atoms with E-state index in [9.17, 15) is 4.79 Å². The van der Waals surface area contributed by atoms with E-state index in [4.69, 9.17) is 0 Å². The smallest absolute Gasteiger partial charge is 0.227 e. The summed E-state index contributed by atoms with van der Waals surface area (Å²) in [6, 6.07) is 8.59. The molecular formula is C21H25N3O. The van der Waals surface area contributed by atoms with Gasteiger partial charge in [-0.15, -0.1) is 0 Å². The van der Waals surface area contributed by atoms with Gasteiger partial charge in [-0.05, 0) is 61.8 Å². The summed E-state index contributed by atoms with van der Waals surface area (Å²) in [6.07, 6.45) is 8.08. The van der Waals surface area contributed by atoms with Crippen LogP contribution in [0.5, 0.6) is 0 Å². The Labute approximate surface area is 149 Å². The SMILES string of the molecule is Cc1nccc(C2CCCN(C(=O)Cc3ccc4c(c3)CCC4)C2)n1. The van der Waals surface area contributed by atoms with Crippen LogP contribution >= 0.6 is 0 Å². The average molecular weight is 335 g/mol. The fourth-order valence-electron chi connectivity index (χ4n) is 4.17. The number of nitrogens with zero attached hydrogens (tertiary/aromatic N) is 3. The van der Waals surface area contributed by atoms with Gasteiger partial charge in [-0.3, -0.25) is 4.79 Å². The fraction of sp³-hybridized carbons (Fsp3) is 0.476. The van der Waals surface area contributed by atoms with Crippen LogP contribution in [0.25, 0.3) is 0 Å². The first-order valence-electron chi connectivity index (χ1n) is 9.37. The second kappa shape index (κ2) is 6.95. The number of piperidine rings is 1. The monoisotopic (exact) mass is 335 g/mol. The van der Waals surface area contributed by atoms with Gasteiger partial charge in [-0.2, -0.15) is 0 Å². The number of carbonyl (C=O) groups excluding carboxylic acids is 1. The van der Waals surface area contributed by atoms with E-state index in [-0.39, 0.29) is 5.91 Å². The van der Waals surface area contributed by atoms with Crippen LogP contribution in [-0.4, -0.2) is 33.9 Å². The van der Waals surface area contributed by atoms with Crippen molar-refractivity contribution in [1.82, 2.24) is 14.9 Å². The van der Waals surface area contributed by atoms with Crippen LogP contribution in [0, 0.1) is 6.92 Å². The third kappa shape index (κ3) is 3.58. The molecule has 0 radical (unpaired) electrons. The first-order valence-corrected chi connectivity index (χ1v) is 9.37. The number of hydrogen-bond acceptors (Lipinski definition) is 3. The number of hydrogen-bond donors (Lipinski definition) is 0. The predicted octanol–water partition coefficient (Wildman–Crippen LogP) is 3.22. The highest BCUT2D eigenvalue weighted by molar-refractivity contribution is 5.79. The molecule has 0 saturated carbocycles. The molecule has 2 aliphatic rings. The standard InChI is InChI=1S/C21H25N3O/c1-15-22-10-9-20(23-15)19-6-3-11-24(14-19)21(25)13-16-7-8-17-4-2-5-18(17)12-16/h7-10,12,19H,2-6,11,13-14H2,1H3. The fourth-order valence-corrected chi connectivity index (χ4v) is 4.17. The Morgan fingerprint density at radius 2 is 2.08 bits per heavy atom. The number of rotatable bonds is 3. The first kappa shape index (κ1) is 16.2. The molecule has 0 bridgehead atoms. The van der Waals surface area contributed by atoms with Crippen LogP contribution in [0.2, 0.25) is 0 Å². The molecule has 1 aromatic heterocycles. The molecule has 25 heavy (non-hydrogen) atoms. The van der Waals surface area contributed by atoms with Gasteiger partial charge < -0.3 is 4.90 Å². The van der Waals surface area contributed by atoms with Gasteiger partial charge in [-0.1, -0.05) is 18.2 Å². The van der Waals surface area contributed by atoms with Crippen LogP contribution in [0.4, 0.5) is 0 Å². The van der Waals surface area contributed by atoms with Gasteiger partial charge >= 0.3 is 0 Å². The molecule has 1 atom stereocenters. The van der Waals surface area contributed by atoms with Crippen LogP contribution in [-0.2, 0) is 24.1 Å². The van der Waals surface area contributed by atoms with E-state index < -0.39 is 0 Å². The molecule has 0 spiro atoms. The Morgan fingerprint density at radius 1 is 1.20 bits per heavy atom. The minimum atomic E-state index is 0.244. The van der Waals surface area contributed by atoms with Gasteiger partial charge in [0.1, 0.15) is 5.82 Å². The lowest BCUT2D eigenvalue weighted by atomic mass is 9.94. The lowest BCUT2D eigenvalue weighted by molar-refractivity contribution is -0.131. The van der Waals surface area contributed by atoms with Crippen molar-refractivity contribution in [1.29, 1.82) is 0 Å². The maximum absolute atomic E-state index is 12.8. The van der Waals surface area contributed by atoms with E-state index in [1.165, 1.54) is 24.0 Å². The molecule has 2 aromatic rings. The molecule has 1 amide bonds. The summed E-state index contributed by atoms with van der Waals surface area (Å²) in [7, 11) is 0. The lowest BCUT2D eigenvalue weighted by Gasteiger charge is -2.32. The second-order valence-electron chi connectivity index (χ2n) is 7.34. The second-order valence-corrected chi connectivity index (χ2v) is 7.34. The molecule has 4 rings (SSSR count). The molecule has 1 unspecified atom stereocenters. The Balaban J connectivity index is 1.43. The third-order valence-electron chi connectivity index (χ3n) is 5.51. The summed E-state index contributed by atoms with van der Waals surface area (Å²) in [5.41, 5.74) is 5.14. The van der Waals surface area contributed by atoms with Crippen molar-refractivity contribution in [2.24, 2.45) is 0 Å². The van der Waals surface area contributed by atoms with Gasteiger partial charge in [0.15, 0.2) is 0 Å². The summed E-state index contributed by atoms with van der Waals surface area (Å²) in [5, 5.41) is 0. The molecule has 1 aliphatic heterocycles. The number of carbonyl (C=O) groups is 1. The van der Waals surface area contributed by atoms with Crippen LogP contribution < -0.4 is 0 Å². The van der Waals surface area contributed by atoms with Crippen molar-refractivity contribution in [3.8, 4) is 0 Å². The van der Waals surface area contributed by atoms with Crippen LogP contribution in [0.1, 0.15) is 53.4 Å². The maximum atomic E-state index is 12.8. The zero-order valence-corrected chi connectivity index (χ0v) is 14.9. The summed E-state index contributed by atoms with van der Waals surface area (Å²) in [4.78, 5) is 23.6. The summed E-state index contributed by atoms with van der Waals surface area (Å²) >= 11 is 0. The van der Waals surface area contributed by atoms with E-state index in [1.54, 1.807) is 0 Å². The van der Waals surface area contributed by atoms with Gasteiger partial charge in [0, 0.05) is 30.9 Å². The van der Waals surface area contributed by atoms with Gasteiger partial charge in [0.2, 0.25) is 5.91 Å². The van der Waals surface area contributed by atoms with Crippen LogP contribution in [0.15, 0.2) is 30.5 Å². The number of likely N-dealkylation sites (tertiary alicyclic amines) is 1. The van der Waals surface area contributed by atoms with E-state index in [0.29, 0.717) is 12.3 Å². The minimum Gasteiger partial charge on any atom is -0.342 e. The molecule has 0 N–H and O–H groups in total. The van der Waals surface area contributed by atoms with Crippen molar-refractivity contribution in [2.45, 2.75) is 51.4 Å². The normalized spacial score (nSPS) is 19.7. The number of aromatic nitrogens is 2. The number of benzene rings is 1. The van der Waals surface area contributed by atoms with E-state index >= 15 is 0 Å². The molecule has 1 saturated heterocycles. The van der Waals surface area contributed by atoms with Crippen molar-refractivity contribution in [3.05, 3.63) is 58.7 Å². The molecule has 1 aromatic carbocycles. The zero-order chi connectivity index (χ0) is 17.2. The number of fused-ring (bicyclic) bond motifs is 1. The topological polar surface area (TPSA) is 46.1 Å². The van der Waals surface area contributed by atoms with E-state index in [2.05, 4.69) is 28.2 Å². The summed E-state index contributed by atoms with van der Waals surface area (Å²) < 4.78 is 0. The summed E-state index contributed by atoms with van der Waals surface area (Å²) in [6.45, 7) is 3.56. The molecule has 1 aliphatic carbocycles. The van der Waals surface area contributed by atoms with Crippen molar-refractivity contribution in [3.63, 3.8) is 0 Å². The Hall–Kier alpha value is -2.23. The predicted molar refractivity (Wildman–Crippen MR) is 97.5 cm³/mol. The van der Waals surface area contributed by atoms with E-state index in [1.807, 2.05) is 24.1 Å². The third-order valence-corrected chi connectivity index (χ3v) is 5.51. The summed E-state index contributed by atoms with van der Waals surface area (Å²) in [5.74, 6) is 1.38. The number of amides is 1. The van der Waals surface area contributed by atoms with Gasteiger partial charge in [0.25, 0.3) is 0 Å². The van der Waals surface area contributed by atoms with Gasteiger partial charge in [0.05, 0.1) is 6.42 Å². The Kier molecular flexibility index (Phi) is 4.51. The highest BCUT2D eigenvalue weighted by Gasteiger charge is 2.26. The zero-order valence-electron chi connectivity index (χ0n) is 14.9. The molecule has 4 nitrogen and oxygen atoms in total. The average Bonchev–Trinajstić information content (AvgIpc) is 3.09. The van der Waals surface area contributed by atoms with Crippen LogP contribution in [0.3, 0.4) is 0 Å². The highest BCUT2D eigenvalue weighted by atomic mass is 16.2. The molecule has 2 heterocycles. The first-order chi connectivity index (χ1) is 12.2. The van der Waals surface area contributed by atoms with Crippen molar-refractivity contribution < 1.29 is 4.79 Å². The largest absolute Gasteiger partial charge is 0.342 e. The van der Waals surface area contributed by atoms with E-state index in [0.717, 1.165) is 49.4 Å². The number of aryl methyl sites for hydroxylation is 3. The Bertz CT molecular complexity index is 786. The van der Waals surface area contributed by atoms with Gasteiger partial charge in [-0.25, -0.2) is 9.97 Å². The van der Waals surface area contributed by atoms with Crippen molar-refractivity contribution >= 4 is 5.91 Å². The Morgan fingerprint density at radius 3 is 2.96 bits per heavy atom. The maximum Gasteiger partial charge on any atom is 0.227 e.